The lowest BCUT2D eigenvalue weighted by Crippen LogP contribution is -2.41. The molecule has 0 bridgehead atoms. The summed E-state index contributed by atoms with van der Waals surface area (Å²) in [6.45, 7) is 1.46. The summed E-state index contributed by atoms with van der Waals surface area (Å²) in [5.41, 5.74) is 1.13. The van der Waals surface area contributed by atoms with E-state index in [2.05, 4.69) is 20.4 Å². The van der Waals surface area contributed by atoms with Crippen molar-refractivity contribution in [1.29, 1.82) is 0 Å². The Hall–Kier alpha value is -2.87. The third-order valence-corrected chi connectivity index (χ3v) is 4.71. The Morgan fingerprint density at radius 2 is 2.04 bits per heavy atom. The molecule has 3 aromatic rings. The lowest BCUT2D eigenvalue weighted by Gasteiger charge is -2.19. The molecule has 1 atom stereocenters. The molecule has 1 aliphatic heterocycles. The van der Waals surface area contributed by atoms with E-state index in [1.807, 2.05) is 24.3 Å². The molecular formula is C17H17ClN6O2. The van der Waals surface area contributed by atoms with Crippen molar-refractivity contribution in [2.75, 3.05) is 18.0 Å². The second-order valence-corrected chi connectivity index (χ2v) is 6.67. The SMILES string of the molecule is O=C(Cn1ncn2nccc2c1=O)NC1CCN(c2ccc(Cl)cc2)C1. The third kappa shape index (κ3) is 3.28. The molecule has 134 valence electrons. The van der Waals surface area contributed by atoms with Crippen LogP contribution in [0.3, 0.4) is 0 Å². The van der Waals surface area contributed by atoms with E-state index < -0.39 is 0 Å². The first-order valence-electron chi connectivity index (χ1n) is 8.29. The van der Waals surface area contributed by atoms with E-state index in [1.54, 1.807) is 6.07 Å². The number of rotatable bonds is 4. The van der Waals surface area contributed by atoms with E-state index in [0.29, 0.717) is 10.5 Å². The van der Waals surface area contributed by atoms with Gasteiger partial charge >= 0.3 is 0 Å². The van der Waals surface area contributed by atoms with Crippen LogP contribution >= 0.6 is 11.6 Å². The fourth-order valence-corrected chi connectivity index (χ4v) is 3.28. The maximum absolute atomic E-state index is 12.3. The number of nitrogens with zero attached hydrogens (tertiary/aromatic N) is 5. The number of hydrogen-bond donors (Lipinski definition) is 1. The zero-order valence-electron chi connectivity index (χ0n) is 13.9. The van der Waals surface area contributed by atoms with E-state index in [-0.39, 0.29) is 24.1 Å². The number of halogens is 1. The summed E-state index contributed by atoms with van der Waals surface area (Å²) in [6, 6.07) is 9.28. The molecular weight excluding hydrogens is 356 g/mol. The van der Waals surface area contributed by atoms with Crippen molar-refractivity contribution < 1.29 is 4.79 Å². The summed E-state index contributed by atoms with van der Waals surface area (Å²) in [4.78, 5) is 26.8. The highest BCUT2D eigenvalue weighted by Gasteiger charge is 2.24. The largest absolute Gasteiger partial charge is 0.369 e. The first kappa shape index (κ1) is 16.6. The number of nitrogens with one attached hydrogen (secondary N) is 1. The summed E-state index contributed by atoms with van der Waals surface area (Å²) < 4.78 is 2.54. The van der Waals surface area contributed by atoms with E-state index in [0.717, 1.165) is 29.9 Å². The first-order chi connectivity index (χ1) is 12.6. The van der Waals surface area contributed by atoms with Gasteiger partial charge in [-0.3, -0.25) is 9.59 Å². The topological polar surface area (TPSA) is 84.5 Å². The molecule has 1 aromatic carbocycles. The number of carbonyl (C=O) groups excluding carboxylic acids is 1. The summed E-state index contributed by atoms with van der Waals surface area (Å²) >= 11 is 5.92. The molecule has 1 N–H and O–H groups in total. The number of fused-ring (bicyclic) bond motifs is 1. The van der Waals surface area contributed by atoms with E-state index in [9.17, 15) is 9.59 Å². The lowest BCUT2D eigenvalue weighted by atomic mass is 10.2. The molecule has 9 heteroatoms. The number of anilines is 1. The average molecular weight is 373 g/mol. The van der Waals surface area contributed by atoms with Gasteiger partial charge in [0, 0.05) is 29.8 Å². The fraction of sp³-hybridized carbons (Fsp3) is 0.294. The first-order valence-corrected chi connectivity index (χ1v) is 8.67. The number of aromatic nitrogens is 4. The molecule has 0 saturated carbocycles. The Balaban J connectivity index is 1.38. The monoisotopic (exact) mass is 372 g/mol. The minimum absolute atomic E-state index is 0.0348. The number of benzene rings is 1. The van der Waals surface area contributed by atoms with Gasteiger partial charge in [0.05, 0.1) is 6.20 Å². The molecule has 1 amide bonds. The Morgan fingerprint density at radius 1 is 1.23 bits per heavy atom. The molecule has 2 aromatic heterocycles. The van der Waals surface area contributed by atoms with Crippen LogP contribution in [-0.2, 0) is 11.3 Å². The molecule has 1 fully saturated rings. The number of amides is 1. The molecule has 26 heavy (non-hydrogen) atoms. The Morgan fingerprint density at radius 3 is 2.85 bits per heavy atom. The maximum atomic E-state index is 12.3. The standard InChI is InChI=1S/C17H17ClN6O2/c18-12-1-3-14(4-2-12)22-8-6-13(9-22)21-16(25)10-23-17(26)15-5-7-19-24(15)11-20-23/h1-5,7,11,13H,6,8-10H2,(H,21,25). The lowest BCUT2D eigenvalue weighted by molar-refractivity contribution is -0.122. The smallest absolute Gasteiger partial charge is 0.293 e. The molecule has 1 saturated heterocycles. The van der Waals surface area contributed by atoms with Crippen LogP contribution < -0.4 is 15.8 Å². The van der Waals surface area contributed by atoms with E-state index in [1.165, 1.54) is 17.0 Å². The van der Waals surface area contributed by atoms with Gasteiger partial charge in [-0.25, -0.2) is 9.20 Å². The van der Waals surface area contributed by atoms with Gasteiger partial charge in [-0.05, 0) is 36.8 Å². The maximum Gasteiger partial charge on any atom is 0.293 e. The van der Waals surface area contributed by atoms with Crippen LogP contribution in [0.1, 0.15) is 6.42 Å². The average Bonchev–Trinajstić information content (AvgIpc) is 3.28. The predicted octanol–water partition coefficient (Wildman–Crippen LogP) is 0.939. The molecule has 0 radical (unpaired) electrons. The molecule has 0 aliphatic carbocycles. The molecule has 8 nitrogen and oxygen atoms in total. The van der Waals surface area contributed by atoms with Crippen LogP contribution in [0.25, 0.3) is 5.52 Å². The second kappa shape index (κ2) is 6.80. The van der Waals surface area contributed by atoms with Gasteiger partial charge in [-0.2, -0.15) is 10.2 Å². The zero-order valence-corrected chi connectivity index (χ0v) is 14.6. The van der Waals surface area contributed by atoms with Crippen molar-refractivity contribution in [2.45, 2.75) is 19.0 Å². The van der Waals surface area contributed by atoms with Crippen LogP contribution in [0.5, 0.6) is 0 Å². The van der Waals surface area contributed by atoms with Gasteiger partial charge in [-0.1, -0.05) is 11.6 Å². The van der Waals surface area contributed by atoms with E-state index >= 15 is 0 Å². The fourth-order valence-electron chi connectivity index (χ4n) is 3.16. The van der Waals surface area contributed by atoms with Gasteiger partial charge in [0.1, 0.15) is 18.4 Å². The van der Waals surface area contributed by atoms with Crippen molar-refractivity contribution in [3.63, 3.8) is 0 Å². The highest BCUT2D eigenvalue weighted by Crippen LogP contribution is 2.22. The van der Waals surface area contributed by atoms with Crippen molar-refractivity contribution in [3.8, 4) is 0 Å². The van der Waals surface area contributed by atoms with Crippen molar-refractivity contribution in [2.24, 2.45) is 0 Å². The molecule has 4 rings (SSSR count). The normalized spacial score (nSPS) is 17.0. The van der Waals surface area contributed by atoms with Gasteiger partial charge in [0.15, 0.2) is 0 Å². The summed E-state index contributed by atoms with van der Waals surface area (Å²) in [5.74, 6) is -0.230. The van der Waals surface area contributed by atoms with Gasteiger partial charge < -0.3 is 10.2 Å². The quantitative estimate of drug-likeness (QED) is 0.736. The van der Waals surface area contributed by atoms with E-state index in [4.69, 9.17) is 11.6 Å². The van der Waals surface area contributed by atoms with Crippen LogP contribution in [0.15, 0.2) is 47.7 Å². The summed E-state index contributed by atoms with van der Waals surface area (Å²) in [7, 11) is 0. The Kier molecular flexibility index (Phi) is 4.34. The van der Waals surface area contributed by atoms with Crippen molar-refractivity contribution in [3.05, 3.63) is 58.2 Å². The van der Waals surface area contributed by atoms with Gasteiger partial charge in [0.2, 0.25) is 5.91 Å². The summed E-state index contributed by atoms with van der Waals surface area (Å²) in [6.07, 6.45) is 3.78. The molecule has 3 heterocycles. The van der Waals surface area contributed by atoms with Gasteiger partial charge in [0.25, 0.3) is 5.56 Å². The van der Waals surface area contributed by atoms with Crippen molar-refractivity contribution >= 4 is 28.7 Å². The van der Waals surface area contributed by atoms with Gasteiger partial charge in [-0.15, -0.1) is 0 Å². The second-order valence-electron chi connectivity index (χ2n) is 6.23. The minimum atomic E-state index is -0.339. The van der Waals surface area contributed by atoms with Crippen LogP contribution in [0.4, 0.5) is 5.69 Å². The van der Waals surface area contributed by atoms with Crippen LogP contribution in [-0.4, -0.2) is 44.4 Å². The zero-order chi connectivity index (χ0) is 18.1. The van der Waals surface area contributed by atoms with Crippen LogP contribution in [0, 0.1) is 0 Å². The number of hydrogen-bond acceptors (Lipinski definition) is 5. The van der Waals surface area contributed by atoms with Crippen LogP contribution in [0.2, 0.25) is 5.02 Å². The Bertz CT molecular complexity index is 996. The highest BCUT2D eigenvalue weighted by molar-refractivity contribution is 6.30. The predicted molar refractivity (Wildman–Crippen MR) is 97.5 cm³/mol. The summed E-state index contributed by atoms with van der Waals surface area (Å²) in [5, 5.41) is 11.6. The molecule has 0 spiro atoms. The molecule has 1 aliphatic rings. The third-order valence-electron chi connectivity index (χ3n) is 4.46. The number of carbonyl (C=O) groups is 1. The molecule has 1 unspecified atom stereocenters. The Labute approximate surface area is 154 Å². The van der Waals surface area contributed by atoms with Crippen molar-refractivity contribution in [1.82, 2.24) is 24.7 Å². The highest BCUT2D eigenvalue weighted by atomic mass is 35.5. The minimum Gasteiger partial charge on any atom is -0.369 e.